The first-order valence-electron chi connectivity index (χ1n) is 14.0. The van der Waals surface area contributed by atoms with Gasteiger partial charge in [-0.2, -0.15) is 0 Å². The number of dihydropyridines is 1. The quantitative estimate of drug-likeness (QED) is 0.237. The molecule has 0 spiro atoms. The number of H-pyrrole nitrogens is 1. The van der Waals surface area contributed by atoms with Crippen LogP contribution < -0.4 is 16.7 Å². The highest BCUT2D eigenvalue weighted by Crippen LogP contribution is 2.33. The first kappa shape index (κ1) is 27.9. The highest BCUT2D eigenvalue weighted by atomic mass is 16.5. The van der Waals surface area contributed by atoms with Gasteiger partial charge in [0.2, 0.25) is 0 Å². The Balaban J connectivity index is 1.50. The number of ether oxygens (including phenoxy) is 1. The van der Waals surface area contributed by atoms with E-state index in [4.69, 9.17) is 10.6 Å². The van der Waals surface area contributed by atoms with Crippen LogP contribution in [0.2, 0.25) is 0 Å². The number of hydrogen-bond acceptors (Lipinski definition) is 6. The van der Waals surface area contributed by atoms with Crippen molar-refractivity contribution in [3.05, 3.63) is 92.2 Å². The second-order valence-electron chi connectivity index (χ2n) is 11.2. The molecule has 2 aliphatic heterocycles. The average Bonchev–Trinajstić information content (AvgIpc) is 3.27. The van der Waals surface area contributed by atoms with Crippen molar-refractivity contribution in [2.45, 2.75) is 53.2 Å². The summed E-state index contributed by atoms with van der Waals surface area (Å²) in [6, 6.07) is 6.14. The first-order valence-corrected chi connectivity index (χ1v) is 14.0. The van der Waals surface area contributed by atoms with Crippen LogP contribution in [-0.2, 0) is 11.3 Å². The maximum absolute atomic E-state index is 14.0. The van der Waals surface area contributed by atoms with Gasteiger partial charge in [-0.1, -0.05) is 12.2 Å². The van der Waals surface area contributed by atoms with Gasteiger partial charge in [-0.3, -0.25) is 19.5 Å². The van der Waals surface area contributed by atoms with Gasteiger partial charge in [-0.25, -0.2) is 5.84 Å². The molecule has 1 amide bonds. The van der Waals surface area contributed by atoms with Crippen molar-refractivity contribution in [3.63, 3.8) is 0 Å². The lowest BCUT2D eigenvalue weighted by Gasteiger charge is -2.30. The van der Waals surface area contributed by atoms with Gasteiger partial charge >= 0.3 is 0 Å². The van der Waals surface area contributed by atoms with Crippen LogP contribution in [0.1, 0.15) is 64.2 Å². The number of aryl methyl sites for hydroxylation is 3. The zero-order valence-electron chi connectivity index (χ0n) is 24.1. The molecule has 1 aromatic carbocycles. The molecular weight excluding hydrogens is 504 g/mol. The third-order valence-electron chi connectivity index (χ3n) is 7.81. The van der Waals surface area contributed by atoms with E-state index in [2.05, 4.69) is 64.1 Å². The van der Waals surface area contributed by atoms with E-state index >= 15 is 0 Å². The number of amides is 1. The first-order chi connectivity index (χ1) is 19.1. The monoisotopic (exact) mass is 544 g/mol. The summed E-state index contributed by atoms with van der Waals surface area (Å²) in [4.78, 5) is 31.8. The molecule has 0 saturated carbocycles. The van der Waals surface area contributed by atoms with E-state index in [9.17, 15) is 9.59 Å². The van der Waals surface area contributed by atoms with E-state index < -0.39 is 0 Å². The fraction of sp³-hybridized carbons (Fsp3) is 0.419. The Morgan fingerprint density at radius 1 is 1.15 bits per heavy atom. The summed E-state index contributed by atoms with van der Waals surface area (Å²) >= 11 is 0. The third kappa shape index (κ3) is 5.63. The Morgan fingerprint density at radius 2 is 1.90 bits per heavy atom. The summed E-state index contributed by atoms with van der Waals surface area (Å²) in [7, 11) is 0. The molecule has 40 heavy (non-hydrogen) atoms. The van der Waals surface area contributed by atoms with Crippen molar-refractivity contribution >= 4 is 16.8 Å². The number of allylic oxidation sites excluding steroid dienone is 2. The Bertz CT molecular complexity index is 1540. The molecule has 5 rings (SSSR count). The lowest BCUT2D eigenvalue weighted by atomic mass is 9.96. The van der Waals surface area contributed by atoms with E-state index in [1.165, 1.54) is 0 Å². The largest absolute Gasteiger partial charge is 0.379 e. The van der Waals surface area contributed by atoms with Crippen LogP contribution >= 0.6 is 0 Å². The normalized spacial score (nSPS) is 17.8. The summed E-state index contributed by atoms with van der Waals surface area (Å²) in [5.74, 6) is 6.07. The van der Waals surface area contributed by atoms with E-state index in [0.29, 0.717) is 11.1 Å². The second-order valence-corrected chi connectivity index (χ2v) is 11.2. The third-order valence-corrected chi connectivity index (χ3v) is 7.81. The summed E-state index contributed by atoms with van der Waals surface area (Å²) in [6.45, 7) is 14.2. The molecular formula is C31H40N6O3. The number of aromatic nitrogens is 2. The molecule has 1 saturated heterocycles. The van der Waals surface area contributed by atoms with Gasteiger partial charge in [-0.15, -0.1) is 0 Å². The summed E-state index contributed by atoms with van der Waals surface area (Å²) < 4.78 is 7.71. The van der Waals surface area contributed by atoms with Gasteiger partial charge in [0.1, 0.15) is 0 Å². The molecule has 3 aromatic rings. The van der Waals surface area contributed by atoms with Crippen LogP contribution in [0.25, 0.3) is 10.9 Å². The number of nitrogens with two attached hydrogens (primary N) is 1. The predicted molar refractivity (Wildman–Crippen MR) is 158 cm³/mol. The van der Waals surface area contributed by atoms with Crippen molar-refractivity contribution in [2.75, 3.05) is 32.8 Å². The number of benzene rings is 1. The Morgan fingerprint density at radius 3 is 2.60 bits per heavy atom. The molecule has 1 atom stereocenters. The zero-order chi connectivity index (χ0) is 28.6. The number of carbonyl (C=O) groups excluding carboxylic acids is 1. The minimum Gasteiger partial charge on any atom is -0.379 e. The van der Waals surface area contributed by atoms with E-state index in [1.54, 1.807) is 0 Å². The van der Waals surface area contributed by atoms with E-state index in [-0.39, 0.29) is 30.1 Å². The van der Waals surface area contributed by atoms with E-state index in [0.717, 1.165) is 76.8 Å². The highest BCUT2D eigenvalue weighted by molar-refractivity contribution is 6.08. The number of nitrogens with zero attached hydrogens (tertiary/aromatic N) is 3. The number of nitrogens with one attached hydrogen (secondary N) is 2. The number of pyridine rings is 1. The molecule has 2 aromatic heterocycles. The number of rotatable bonds is 7. The maximum atomic E-state index is 14.0. The fourth-order valence-corrected chi connectivity index (χ4v) is 5.73. The second kappa shape index (κ2) is 11.4. The number of hydrazine groups is 1. The van der Waals surface area contributed by atoms with Gasteiger partial charge in [0.25, 0.3) is 11.5 Å². The van der Waals surface area contributed by atoms with Crippen LogP contribution in [0.5, 0.6) is 0 Å². The molecule has 2 aliphatic rings. The van der Waals surface area contributed by atoms with E-state index in [1.807, 2.05) is 32.9 Å². The van der Waals surface area contributed by atoms with Crippen molar-refractivity contribution in [1.29, 1.82) is 0 Å². The van der Waals surface area contributed by atoms with Crippen molar-refractivity contribution < 1.29 is 9.53 Å². The molecule has 9 heteroatoms. The average molecular weight is 545 g/mol. The van der Waals surface area contributed by atoms with Crippen LogP contribution in [0.4, 0.5) is 0 Å². The molecule has 1 fully saturated rings. The van der Waals surface area contributed by atoms with Crippen LogP contribution in [0, 0.1) is 20.8 Å². The molecule has 9 nitrogen and oxygen atoms in total. The van der Waals surface area contributed by atoms with Gasteiger partial charge in [0, 0.05) is 59.7 Å². The minimum atomic E-state index is -0.320. The Labute approximate surface area is 235 Å². The van der Waals surface area contributed by atoms with Crippen molar-refractivity contribution in [2.24, 2.45) is 5.84 Å². The maximum Gasteiger partial charge on any atom is 0.268 e. The molecule has 0 bridgehead atoms. The van der Waals surface area contributed by atoms with Gasteiger partial charge in [0.05, 0.1) is 31.4 Å². The van der Waals surface area contributed by atoms with Crippen molar-refractivity contribution in [3.8, 4) is 0 Å². The predicted octanol–water partition coefficient (Wildman–Crippen LogP) is 3.77. The number of hydrogen-bond donors (Lipinski definition) is 3. The topological polar surface area (TPSA) is 109 Å². The highest BCUT2D eigenvalue weighted by Gasteiger charge is 2.25. The fourth-order valence-electron chi connectivity index (χ4n) is 5.73. The van der Waals surface area contributed by atoms with Crippen LogP contribution in [0.15, 0.2) is 53.1 Å². The molecule has 4 N–H and O–H groups in total. The molecule has 1 unspecified atom stereocenters. The van der Waals surface area contributed by atoms with Gasteiger partial charge in [0.15, 0.2) is 0 Å². The van der Waals surface area contributed by atoms with Gasteiger partial charge < -0.3 is 19.6 Å². The molecule has 212 valence electrons. The van der Waals surface area contributed by atoms with Crippen LogP contribution in [0.3, 0.4) is 0 Å². The van der Waals surface area contributed by atoms with Crippen LogP contribution in [-0.4, -0.2) is 58.2 Å². The van der Waals surface area contributed by atoms with Crippen molar-refractivity contribution in [1.82, 2.24) is 24.8 Å². The minimum absolute atomic E-state index is 0.0178. The SMILES string of the molecule is Cc1cc(C)c(CN(N)C(=O)c2cc(C3C=CC=C(CN4CCOCC4)N3)cc3c2c(C)cn3C(C)C)c(=O)[nH]1. The summed E-state index contributed by atoms with van der Waals surface area (Å²) in [6.07, 6.45) is 8.40. The smallest absolute Gasteiger partial charge is 0.268 e. The Kier molecular flexibility index (Phi) is 7.98. The Hall–Kier alpha value is -3.66. The zero-order valence-corrected chi connectivity index (χ0v) is 24.1. The number of aromatic amines is 1. The number of carbonyl (C=O) groups is 1. The standard InChI is InChI=1S/C31H40N6O3/c1-19(2)36-16-21(4)29-25(31(39)37(32)18-26-20(3)13-22(5)33-30(26)38)14-23(15-28(29)36)27-8-6-7-24(34-27)17-35-9-11-40-12-10-35/h6-8,13-16,19,27,34H,9-12,17-18,32H2,1-5H3,(H,33,38). The molecule has 4 heterocycles. The lowest BCUT2D eigenvalue weighted by molar-refractivity contribution is 0.0415. The molecule has 0 radical (unpaired) electrons. The lowest BCUT2D eigenvalue weighted by Crippen LogP contribution is -2.40. The summed E-state index contributed by atoms with van der Waals surface area (Å²) in [5, 5.41) is 5.72. The number of morpholine rings is 1. The summed E-state index contributed by atoms with van der Waals surface area (Å²) in [5.41, 5.74) is 6.50. The molecule has 0 aliphatic carbocycles. The van der Waals surface area contributed by atoms with Gasteiger partial charge in [-0.05, 0) is 75.6 Å². The number of fused-ring (bicyclic) bond motifs is 1.